The van der Waals surface area contributed by atoms with Crippen LogP contribution in [0.5, 0.6) is 0 Å². The highest BCUT2D eigenvalue weighted by Gasteiger charge is 2.58. The molecular formula is C19H22O8. The Kier molecular flexibility index (Phi) is 5.88. The van der Waals surface area contributed by atoms with Crippen molar-refractivity contribution in [3.8, 4) is 0 Å². The number of carbonyl (C=O) groups is 4. The smallest absolute Gasteiger partial charge is 0.303 e. The van der Waals surface area contributed by atoms with Gasteiger partial charge >= 0.3 is 23.9 Å². The van der Waals surface area contributed by atoms with E-state index >= 15 is 0 Å². The lowest BCUT2D eigenvalue weighted by Gasteiger charge is -2.47. The van der Waals surface area contributed by atoms with E-state index in [4.69, 9.17) is 18.9 Å². The van der Waals surface area contributed by atoms with Gasteiger partial charge < -0.3 is 18.9 Å². The summed E-state index contributed by atoms with van der Waals surface area (Å²) >= 11 is 0. The maximum Gasteiger partial charge on any atom is 0.303 e. The summed E-state index contributed by atoms with van der Waals surface area (Å²) in [4.78, 5) is 47.0. The van der Waals surface area contributed by atoms with Crippen molar-refractivity contribution >= 4 is 23.9 Å². The van der Waals surface area contributed by atoms with Gasteiger partial charge in [-0.2, -0.15) is 0 Å². The number of rotatable bonds is 4. The zero-order valence-corrected chi connectivity index (χ0v) is 15.8. The molecule has 146 valence electrons. The van der Waals surface area contributed by atoms with E-state index in [0.29, 0.717) is 11.1 Å². The molecule has 1 aromatic carbocycles. The summed E-state index contributed by atoms with van der Waals surface area (Å²) in [5.41, 5.74) is -0.626. The van der Waals surface area contributed by atoms with E-state index in [1.807, 2.05) is 0 Å². The largest absolute Gasteiger partial charge is 0.454 e. The van der Waals surface area contributed by atoms with Crippen LogP contribution in [-0.2, 0) is 38.1 Å². The molecule has 0 aliphatic heterocycles. The molecule has 2 rings (SSSR count). The maximum atomic E-state index is 11.8. The van der Waals surface area contributed by atoms with E-state index in [1.165, 1.54) is 34.6 Å². The van der Waals surface area contributed by atoms with Gasteiger partial charge in [-0.1, -0.05) is 24.3 Å². The summed E-state index contributed by atoms with van der Waals surface area (Å²) in [5.74, 6) is -2.56. The first-order valence-corrected chi connectivity index (χ1v) is 8.36. The number of ether oxygens (including phenoxy) is 4. The van der Waals surface area contributed by atoms with E-state index in [9.17, 15) is 19.2 Å². The van der Waals surface area contributed by atoms with Gasteiger partial charge in [0.25, 0.3) is 0 Å². The third kappa shape index (κ3) is 4.27. The number of hydrogen-bond acceptors (Lipinski definition) is 8. The van der Waals surface area contributed by atoms with Crippen LogP contribution in [0.1, 0.15) is 58.0 Å². The second kappa shape index (κ2) is 7.77. The molecule has 4 atom stereocenters. The quantitative estimate of drug-likeness (QED) is 0.580. The molecule has 0 saturated heterocycles. The van der Waals surface area contributed by atoms with Crippen LogP contribution in [0.15, 0.2) is 24.3 Å². The molecular weight excluding hydrogens is 356 g/mol. The minimum absolute atomic E-state index is 0.492. The Morgan fingerprint density at radius 2 is 1.30 bits per heavy atom. The Hall–Kier alpha value is -2.90. The summed E-state index contributed by atoms with van der Waals surface area (Å²) in [7, 11) is 0. The summed E-state index contributed by atoms with van der Waals surface area (Å²) < 4.78 is 21.8. The van der Waals surface area contributed by atoms with Gasteiger partial charge in [0.15, 0.2) is 23.9 Å². The predicted molar refractivity (Wildman–Crippen MR) is 91.2 cm³/mol. The van der Waals surface area contributed by atoms with Crippen molar-refractivity contribution in [2.45, 2.75) is 58.5 Å². The van der Waals surface area contributed by atoms with Gasteiger partial charge in [0.05, 0.1) is 0 Å². The minimum atomic E-state index is -1.61. The van der Waals surface area contributed by atoms with Crippen LogP contribution < -0.4 is 0 Å². The van der Waals surface area contributed by atoms with Crippen molar-refractivity contribution < 1.29 is 38.1 Å². The third-order valence-corrected chi connectivity index (χ3v) is 4.18. The molecule has 8 nitrogen and oxygen atoms in total. The molecule has 0 saturated carbocycles. The number of esters is 4. The second-order valence-corrected chi connectivity index (χ2v) is 6.46. The number of benzene rings is 1. The van der Waals surface area contributed by atoms with Crippen molar-refractivity contribution in [1.82, 2.24) is 0 Å². The van der Waals surface area contributed by atoms with Gasteiger partial charge in [0.1, 0.15) is 0 Å². The average Bonchev–Trinajstić information content (AvgIpc) is 2.53. The maximum absolute atomic E-state index is 11.8. The monoisotopic (exact) mass is 378 g/mol. The Morgan fingerprint density at radius 3 is 1.78 bits per heavy atom. The fraction of sp³-hybridized carbons (Fsp3) is 0.474. The molecule has 27 heavy (non-hydrogen) atoms. The van der Waals surface area contributed by atoms with E-state index in [0.717, 1.165) is 0 Å². The van der Waals surface area contributed by atoms with Crippen LogP contribution in [0.3, 0.4) is 0 Å². The fourth-order valence-corrected chi connectivity index (χ4v) is 3.36. The standard InChI is InChI=1S/C19H22O8/c1-10(20)24-16-14-8-6-7-9-15(14)17(25-11(2)21)19(5,27-13(4)23)18(16)26-12(3)22/h6-9,16-18H,1-5H3/t16-,17+,18+,19+/m0/s1. The fourth-order valence-electron chi connectivity index (χ4n) is 3.36. The third-order valence-electron chi connectivity index (χ3n) is 4.18. The number of carbonyl (C=O) groups excluding carboxylic acids is 4. The summed E-state index contributed by atoms with van der Waals surface area (Å²) in [6, 6.07) is 6.76. The normalized spacial score (nSPS) is 26.3. The second-order valence-electron chi connectivity index (χ2n) is 6.46. The molecule has 0 aromatic heterocycles. The molecule has 0 fully saturated rings. The Labute approximate surface area is 156 Å². The SMILES string of the molecule is CC(=O)O[C@@H]1c2ccccc2[C@H](OC(C)=O)[C@@H](OC(C)=O)[C@]1(C)OC(C)=O. The molecule has 0 unspecified atom stereocenters. The average molecular weight is 378 g/mol. The first-order chi connectivity index (χ1) is 12.6. The van der Waals surface area contributed by atoms with Gasteiger partial charge in [0.2, 0.25) is 0 Å². The topological polar surface area (TPSA) is 105 Å². The van der Waals surface area contributed by atoms with Crippen LogP contribution in [-0.4, -0.2) is 35.6 Å². The molecule has 0 N–H and O–H groups in total. The minimum Gasteiger partial charge on any atom is -0.454 e. The zero-order chi connectivity index (χ0) is 20.4. The molecule has 0 bridgehead atoms. The Balaban J connectivity index is 2.73. The van der Waals surface area contributed by atoms with Gasteiger partial charge in [-0.05, 0) is 6.92 Å². The predicted octanol–water partition coefficient (Wildman–Crippen LogP) is 2.16. The number of fused-ring (bicyclic) bond motifs is 1. The van der Waals surface area contributed by atoms with E-state index in [2.05, 4.69) is 0 Å². The molecule has 1 aliphatic rings. The zero-order valence-electron chi connectivity index (χ0n) is 15.8. The van der Waals surface area contributed by atoms with E-state index < -0.39 is 47.8 Å². The number of hydrogen-bond donors (Lipinski definition) is 0. The molecule has 8 heteroatoms. The van der Waals surface area contributed by atoms with Crippen LogP contribution in [0.4, 0.5) is 0 Å². The van der Waals surface area contributed by atoms with E-state index in [1.54, 1.807) is 24.3 Å². The lowest BCUT2D eigenvalue weighted by Crippen LogP contribution is -2.57. The molecule has 0 heterocycles. The van der Waals surface area contributed by atoms with Crippen molar-refractivity contribution in [3.63, 3.8) is 0 Å². The van der Waals surface area contributed by atoms with Crippen molar-refractivity contribution in [2.75, 3.05) is 0 Å². The van der Waals surface area contributed by atoms with Crippen LogP contribution >= 0.6 is 0 Å². The molecule has 0 amide bonds. The van der Waals surface area contributed by atoms with Crippen LogP contribution in [0, 0.1) is 0 Å². The Morgan fingerprint density at radius 1 is 0.778 bits per heavy atom. The van der Waals surface area contributed by atoms with Crippen molar-refractivity contribution in [3.05, 3.63) is 35.4 Å². The lowest BCUT2D eigenvalue weighted by molar-refractivity contribution is -0.233. The Bertz CT molecular complexity index is 771. The molecule has 1 aliphatic carbocycles. The summed E-state index contributed by atoms with van der Waals surface area (Å²) in [5, 5.41) is 0. The van der Waals surface area contributed by atoms with Gasteiger partial charge in [-0.25, -0.2) is 0 Å². The molecule has 1 aromatic rings. The first-order valence-electron chi connectivity index (χ1n) is 8.36. The van der Waals surface area contributed by atoms with Gasteiger partial charge in [-0.3, -0.25) is 19.2 Å². The summed E-state index contributed by atoms with van der Waals surface area (Å²) in [6.45, 7) is 6.27. The molecule has 0 spiro atoms. The first kappa shape index (κ1) is 20.4. The van der Waals surface area contributed by atoms with Crippen LogP contribution in [0.2, 0.25) is 0 Å². The van der Waals surface area contributed by atoms with E-state index in [-0.39, 0.29) is 0 Å². The highest BCUT2D eigenvalue weighted by atomic mass is 16.6. The van der Waals surface area contributed by atoms with Gasteiger partial charge in [-0.15, -0.1) is 0 Å². The van der Waals surface area contributed by atoms with Gasteiger partial charge in [0, 0.05) is 38.8 Å². The van der Waals surface area contributed by atoms with Crippen LogP contribution in [0.25, 0.3) is 0 Å². The van der Waals surface area contributed by atoms with Crippen molar-refractivity contribution in [2.24, 2.45) is 0 Å². The molecule has 0 radical (unpaired) electrons. The highest BCUT2D eigenvalue weighted by Crippen LogP contribution is 2.49. The highest BCUT2D eigenvalue weighted by molar-refractivity contribution is 5.70. The van der Waals surface area contributed by atoms with Crippen molar-refractivity contribution in [1.29, 1.82) is 0 Å². The summed E-state index contributed by atoms with van der Waals surface area (Å²) in [6.07, 6.45) is -3.33. The lowest BCUT2D eigenvalue weighted by atomic mass is 9.74.